The number of halogens is 1. The van der Waals surface area contributed by atoms with Gasteiger partial charge in [0.2, 0.25) is 11.0 Å². The average molecular weight is 463 g/mol. The van der Waals surface area contributed by atoms with E-state index in [2.05, 4.69) is 34.3 Å². The summed E-state index contributed by atoms with van der Waals surface area (Å²) in [7, 11) is 0. The molecule has 0 radical (unpaired) electrons. The summed E-state index contributed by atoms with van der Waals surface area (Å²) in [5, 5.41) is 13.2. The molecule has 32 heavy (non-hydrogen) atoms. The Kier molecular flexibility index (Phi) is 6.45. The Hall–Kier alpha value is -2.95. The van der Waals surface area contributed by atoms with E-state index in [1.165, 1.54) is 17.9 Å². The monoisotopic (exact) mass is 462 g/mol. The highest BCUT2D eigenvalue weighted by atomic mass is 32.1. The highest BCUT2D eigenvalue weighted by Gasteiger charge is 2.35. The Morgan fingerprint density at radius 3 is 2.59 bits per heavy atom. The summed E-state index contributed by atoms with van der Waals surface area (Å²) < 4.78 is 20.2. The van der Waals surface area contributed by atoms with Crippen molar-refractivity contribution >= 4 is 39.8 Å². The number of cyclic esters (lactones) is 1. The Morgan fingerprint density at radius 1 is 1.25 bits per heavy atom. The molecule has 2 aliphatic rings. The minimum atomic E-state index is -0.543. The highest BCUT2D eigenvalue weighted by Crippen LogP contribution is 2.31. The lowest BCUT2D eigenvalue weighted by molar-refractivity contribution is -0.119. The summed E-state index contributed by atoms with van der Waals surface area (Å²) in [5.74, 6) is -0.244. The second-order valence-electron chi connectivity index (χ2n) is 8.23. The fourth-order valence-corrected chi connectivity index (χ4v) is 4.71. The van der Waals surface area contributed by atoms with E-state index in [4.69, 9.17) is 4.74 Å². The molecule has 0 aliphatic carbocycles. The van der Waals surface area contributed by atoms with E-state index in [0.29, 0.717) is 30.4 Å². The fraction of sp³-hybridized carbons (Fsp3) is 0.524. The van der Waals surface area contributed by atoms with Gasteiger partial charge >= 0.3 is 6.09 Å². The number of carbonyl (C=O) groups is 2. The maximum absolute atomic E-state index is 15.0. The van der Waals surface area contributed by atoms with Crippen LogP contribution in [0.3, 0.4) is 0 Å². The number of carbonyl (C=O) groups excluding carboxylic acids is 2. The fourth-order valence-electron chi connectivity index (χ4n) is 3.82. The first-order valence-electron chi connectivity index (χ1n) is 10.7. The Balaban J connectivity index is 1.42. The van der Waals surface area contributed by atoms with Crippen molar-refractivity contribution in [1.82, 2.24) is 15.5 Å². The lowest BCUT2D eigenvalue weighted by Crippen LogP contribution is -2.47. The predicted octanol–water partition coefficient (Wildman–Crippen LogP) is 2.59. The summed E-state index contributed by atoms with van der Waals surface area (Å²) in [6.07, 6.45) is -0.543. The zero-order chi connectivity index (χ0) is 22.8. The van der Waals surface area contributed by atoms with Crippen LogP contribution in [0.15, 0.2) is 18.2 Å². The van der Waals surface area contributed by atoms with E-state index >= 15 is 4.39 Å². The molecular weight excluding hydrogens is 435 g/mol. The molecule has 0 bridgehead atoms. The molecule has 2 amide bonds. The van der Waals surface area contributed by atoms with Gasteiger partial charge in [-0.1, -0.05) is 25.2 Å². The van der Waals surface area contributed by atoms with Gasteiger partial charge in [-0.3, -0.25) is 9.69 Å². The first-order chi connectivity index (χ1) is 15.3. The predicted molar refractivity (Wildman–Crippen MR) is 121 cm³/mol. The number of hydrogen-bond acceptors (Lipinski definition) is 8. The van der Waals surface area contributed by atoms with E-state index in [1.807, 2.05) is 4.90 Å². The van der Waals surface area contributed by atoms with Crippen LogP contribution in [0.2, 0.25) is 0 Å². The number of benzene rings is 1. The zero-order valence-electron chi connectivity index (χ0n) is 18.4. The van der Waals surface area contributed by atoms with Crippen molar-refractivity contribution in [2.24, 2.45) is 0 Å². The van der Waals surface area contributed by atoms with Gasteiger partial charge in [0, 0.05) is 45.6 Å². The van der Waals surface area contributed by atoms with Gasteiger partial charge in [-0.25, -0.2) is 9.18 Å². The molecule has 2 fully saturated rings. The third-order valence-electron chi connectivity index (χ3n) is 5.57. The number of rotatable bonds is 6. The van der Waals surface area contributed by atoms with Gasteiger partial charge in [-0.2, -0.15) is 0 Å². The highest BCUT2D eigenvalue weighted by molar-refractivity contribution is 7.15. The first kappa shape index (κ1) is 22.3. The maximum Gasteiger partial charge on any atom is 0.414 e. The number of anilines is 3. The molecule has 4 rings (SSSR count). The molecule has 1 aromatic heterocycles. The van der Waals surface area contributed by atoms with Crippen LogP contribution < -0.4 is 20.0 Å². The van der Waals surface area contributed by atoms with Crippen LogP contribution >= 0.6 is 11.3 Å². The molecule has 1 aromatic carbocycles. The summed E-state index contributed by atoms with van der Waals surface area (Å²) >= 11 is 1.61. The lowest BCUT2D eigenvalue weighted by Gasteiger charge is -2.36. The van der Waals surface area contributed by atoms with Gasteiger partial charge in [-0.15, -0.1) is 10.2 Å². The molecule has 9 nitrogen and oxygen atoms in total. The molecule has 1 N–H and O–H groups in total. The van der Waals surface area contributed by atoms with Crippen molar-refractivity contribution in [3.63, 3.8) is 0 Å². The van der Waals surface area contributed by atoms with E-state index in [9.17, 15) is 9.59 Å². The van der Waals surface area contributed by atoms with Crippen LogP contribution in [0, 0.1) is 5.82 Å². The SMILES string of the molecule is CC(=O)NC[C@H]1COC(=O)N1c1ccc(N2CCN(c3nnc(C(C)C)s3)CC2)c(F)c1. The smallest absolute Gasteiger partial charge is 0.414 e. The lowest BCUT2D eigenvalue weighted by atomic mass is 10.2. The second kappa shape index (κ2) is 9.27. The topological polar surface area (TPSA) is 90.9 Å². The van der Waals surface area contributed by atoms with Crippen LogP contribution in [0.1, 0.15) is 31.7 Å². The third-order valence-corrected chi connectivity index (χ3v) is 6.86. The van der Waals surface area contributed by atoms with E-state index < -0.39 is 11.9 Å². The van der Waals surface area contributed by atoms with Crippen molar-refractivity contribution in [1.29, 1.82) is 0 Å². The van der Waals surface area contributed by atoms with Crippen LogP contribution in [0.25, 0.3) is 0 Å². The van der Waals surface area contributed by atoms with Gasteiger partial charge in [0.1, 0.15) is 17.4 Å². The zero-order valence-corrected chi connectivity index (χ0v) is 19.2. The Bertz CT molecular complexity index is 992. The number of nitrogens with one attached hydrogen (secondary N) is 1. The van der Waals surface area contributed by atoms with Crippen molar-refractivity contribution in [3.8, 4) is 0 Å². The van der Waals surface area contributed by atoms with Crippen molar-refractivity contribution in [3.05, 3.63) is 29.0 Å². The van der Waals surface area contributed by atoms with Gasteiger partial charge in [0.15, 0.2) is 0 Å². The summed E-state index contributed by atoms with van der Waals surface area (Å²) in [4.78, 5) is 29.0. The van der Waals surface area contributed by atoms with Crippen molar-refractivity contribution < 1.29 is 18.7 Å². The normalized spacial score (nSPS) is 19.0. The summed E-state index contributed by atoms with van der Waals surface area (Å²) in [6, 6.07) is 4.40. The number of amides is 2. The number of nitrogens with zero attached hydrogens (tertiary/aromatic N) is 5. The molecule has 0 saturated carbocycles. The standard InChI is InChI=1S/C21H27FN6O3S/c1-13(2)19-24-25-20(32-19)27-8-6-26(7-9-27)18-5-4-15(10-17(18)22)28-16(11-23-14(3)29)12-31-21(28)30/h4-5,10,13,16H,6-9,11-12H2,1-3H3,(H,23,29)/t16-/m0/s1. The van der Waals surface area contributed by atoms with Crippen LogP contribution in [0.5, 0.6) is 0 Å². The quantitative estimate of drug-likeness (QED) is 0.706. The largest absolute Gasteiger partial charge is 0.447 e. The molecular formula is C21H27FN6O3S. The minimum absolute atomic E-state index is 0.147. The van der Waals surface area contributed by atoms with Crippen LogP contribution in [0.4, 0.5) is 25.7 Å². The van der Waals surface area contributed by atoms with Gasteiger partial charge < -0.3 is 19.9 Å². The molecule has 2 aromatic rings. The van der Waals surface area contributed by atoms with Gasteiger partial charge in [0.05, 0.1) is 17.4 Å². The third kappa shape index (κ3) is 4.62. The van der Waals surface area contributed by atoms with Crippen molar-refractivity contribution in [2.75, 3.05) is 54.0 Å². The molecule has 2 saturated heterocycles. The molecule has 2 aliphatic heterocycles. The van der Waals surface area contributed by atoms with Crippen molar-refractivity contribution in [2.45, 2.75) is 32.7 Å². The maximum atomic E-state index is 15.0. The summed E-state index contributed by atoms with van der Waals surface area (Å²) in [6.45, 7) is 8.76. The van der Waals surface area contributed by atoms with E-state index in [0.717, 1.165) is 23.2 Å². The number of hydrogen-bond donors (Lipinski definition) is 1. The summed E-state index contributed by atoms with van der Waals surface area (Å²) in [5.41, 5.74) is 0.914. The molecule has 3 heterocycles. The molecule has 1 atom stereocenters. The number of piperazine rings is 1. The average Bonchev–Trinajstić information content (AvgIpc) is 3.39. The van der Waals surface area contributed by atoms with Gasteiger partial charge in [0.25, 0.3) is 0 Å². The van der Waals surface area contributed by atoms with E-state index in [-0.39, 0.29) is 25.1 Å². The Morgan fingerprint density at radius 2 is 1.97 bits per heavy atom. The molecule has 172 valence electrons. The van der Waals surface area contributed by atoms with Crippen LogP contribution in [-0.2, 0) is 9.53 Å². The second-order valence-corrected chi connectivity index (χ2v) is 9.21. The first-order valence-corrected chi connectivity index (χ1v) is 11.5. The Labute approximate surface area is 190 Å². The van der Waals surface area contributed by atoms with E-state index in [1.54, 1.807) is 23.5 Å². The minimum Gasteiger partial charge on any atom is -0.447 e. The molecule has 0 spiro atoms. The number of ether oxygens (including phenoxy) is 1. The number of aromatic nitrogens is 2. The molecule has 11 heteroatoms. The van der Waals surface area contributed by atoms with Gasteiger partial charge in [-0.05, 0) is 18.2 Å². The van der Waals surface area contributed by atoms with Crippen LogP contribution in [-0.4, -0.2) is 67.6 Å². The molecule has 0 unspecified atom stereocenters.